The number of nitrogens with zero attached hydrogens (tertiary/aromatic N) is 2. The molecule has 2 heterocycles. The van der Waals surface area contributed by atoms with Crippen molar-refractivity contribution in [3.05, 3.63) is 59.3 Å². The van der Waals surface area contributed by atoms with Gasteiger partial charge >= 0.3 is 0 Å². The number of fused-ring (bicyclic) bond motifs is 1. The van der Waals surface area contributed by atoms with Crippen molar-refractivity contribution in [2.45, 2.75) is 13.1 Å². The van der Waals surface area contributed by atoms with Crippen LogP contribution in [0.4, 0.5) is 5.82 Å². The maximum absolute atomic E-state index is 10.7. The van der Waals surface area contributed by atoms with Crippen LogP contribution in [0.25, 0.3) is 0 Å². The van der Waals surface area contributed by atoms with E-state index in [0.717, 1.165) is 25.2 Å². The fourth-order valence-corrected chi connectivity index (χ4v) is 2.18. The summed E-state index contributed by atoms with van der Waals surface area (Å²) in [4.78, 5) is 17.2. The second kappa shape index (κ2) is 4.01. The van der Waals surface area contributed by atoms with E-state index < -0.39 is 0 Å². The number of hydrogen-bond acceptors (Lipinski definition) is 3. The number of pyridine rings is 1. The van der Waals surface area contributed by atoms with Crippen LogP contribution in [-0.4, -0.2) is 11.3 Å². The first-order valence-corrected chi connectivity index (χ1v) is 5.60. The van der Waals surface area contributed by atoms with Gasteiger partial charge in [-0.05, 0) is 23.3 Å². The summed E-state index contributed by atoms with van der Waals surface area (Å²) in [5.41, 5.74) is 3.35. The van der Waals surface area contributed by atoms with E-state index in [1.54, 1.807) is 12.3 Å². The molecule has 2 aromatic rings. The Hall–Kier alpha value is -2.16. The lowest BCUT2D eigenvalue weighted by molar-refractivity contribution is 0.112. The number of anilines is 1. The van der Waals surface area contributed by atoms with Crippen molar-refractivity contribution in [3.63, 3.8) is 0 Å². The number of rotatable bonds is 2. The average Bonchev–Trinajstić information content (AvgIpc) is 2.82. The van der Waals surface area contributed by atoms with Crippen LogP contribution in [0.1, 0.15) is 21.5 Å². The first-order chi connectivity index (χ1) is 8.36. The Kier molecular flexibility index (Phi) is 2.37. The van der Waals surface area contributed by atoms with Crippen molar-refractivity contribution in [2.75, 3.05) is 4.90 Å². The van der Waals surface area contributed by atoms with Gasteiger partial charge in [-0.25, -0.2) is 4.98 Å². The zero-order valence-corrected chi connectivity index (χ0v) is 9.34. The average molecular weight is 224 g/mol. The fraction of sp³-hybridized carbons (Fsp3) is 0.143. The number of hydrogen-bond donors (Lipinski definition) is 0. The molecular formula is C14H12N2O. The third-order valence-electron chi connectivity index (χ3n) is 3.07. The van der Waals surface area contributed by atoms with Gasteiger partial charge in [0.2, 0.25) is 0 Å². The summed E-state index contributed by atoms with van der Waals surface area (Å²) in [5, 5.41) is 0. The van der Waals surface area contributed by atoms with Crippen molar-refractivity contribution >= 4 is 12.1 Å². The molecule has 0 saturated carbocycles. The number of aromatic nitrogens is 1. The highest BCUT2D eigenvalue weighted by molar-refractivity contribution is 5.76. The molecule has 0 fully saturated rings. The predicted octanol–water partition coefficient (Wildman–Crippen LogP) is 2.41. The zero-order chi connectivity index (χ0) is 11.7. The Morgan fingerprint density at radius 1 is 1.12 bits per heavy atom. The monoisotopic (exact) mass is 224 g/mol. The molecule has 0 unspecified atom stereocenters. The minimum Gasteiger partial charge on any atom is -0.348 e. The molecule has 1 aromatic heterocycles. The van der Waals surface area contributed by atoms with Crippen LogP contribution in [0.2, 0.25) is 0 Å². The summed E-state index contributed by atoms with van der Waals surface area (Å²) in [6, 6.07) is 11.9. The third-order valence-corrected chi connectivity index (χ3v) is 3.07. The first kappa shape index (κ1) is 10.0. The van der Waals surface area contributed by atoms with Crippen molar-refractivity contribution in [3.8, 4) is 0 Å². The van der Waals surface area contributed by atoms with Crippen LogP contribution < -0.4 is 4.90 Å². The summed E-state index contributed by atoms with van der Waals surface area (Å²) in [7, 11) is 0. The summed E-state index contributed by atoms with van der Waals surface area (Å²) in [5.74, 6) is 0.866. The number of carbonyl (C=O) groups excluding carboxylic acids is 1. The van der Waals surface area contributed by atoms with Gasteiger partial charge in [-0.2, -0.15) is 0 Å². The molecule has 1 aliphatic rings. The molecule has 0 bridgehead atoms. The highest BCUT2D eigenvalue weighted by Crippen LogP contribution is 2.26. The standard InChI is InChI=1S/C14H12N2O/c17-10-11-5-6-15-14(7-11)16-8-12-3-1-2-4-13(12)9-16/h1-7,10H,8-9H2. The predicted molar refractivity (Wildman–Crippen MR) is 66.0 cm³/mol. The van der Waals surface area contributed by atoms with Crippen LogP contribution in [-0.2, 0) is 13.1 Å². The van der Waals surface area contributed by atoms with E-state index in [9.17, 15) is 4.79 Å². The second-order valence-corrected chi connectivity index (χ2v) is 4.19. The lowest BCUT2D eigenvalue weighted by Crippen LogP contribution is -2.15. The molecule has 0 N–H and O–H groups in total. The second-order valence-electron chi connectivity index (χ2n) is 4.19. The van der Waals surface area contributed by atoms with Gasteiger partial charge in [0.25, 0.3) is 0 Å². The van der Waals surface area contributed by atoms with Gasteiger partial charge in [-0.15, -0.1) is 0 Å². The highest BCUT2D eigenvalue weighted by atomic mass is 16.1. The summed E-state index contributed by atoms with van der Waals surface area (Å²) < 4.78 is 0. The van der Waals surface area contributed by atoms with E-state index >= 15 is 0 Å². The summed E-state index contributed by atoms with van der Waals surface area (Å²) >= 11 is 0. The third kappa shape index (κ3) is 1.80. The van der Waals surface area contributed by atoms with Gasteiger partial charge in [0.05, 0.1) is 0 Å². The zero-order valence-electron chi connectivity index (χ0n) is 9.34. The van der Waals surface area contributed by atoms with E-state index in [0.29, 0.717) is 5.56 Å². The van der Waals surface area contributed by atoms with Crippen LogP contribution in [0.5, 0.6) is 0 Å². The molecule has 0 aliphatic carbocycles. The maximum atomic E-state index is 10.7. The van der Waals surface area contributed by atoms with E-state index in [2.05, 4.69) is 34.1 Å². The Morgan fingerprint density at radius 3 is 2.47 bits per heavy atom. The lowest BCUT2D eigenvalue weighted by Gasteiger charge is -2.16. The maximum Gasteiger partial charge on any atom is 0.150 e. The number of carbonyl (C=O) groups is 1. The molecule has 0 amide bonds. The van der Waals surface area contributed by atoms with Crippen molar-refractivity contribution < 1.29 is 4.79 Å². The molecule has 0 radical (unpaired) electrons. The summed E-state index contributed by atoms with van der Waals surface area (Å²) in [6.45, 7) is 1.73. The molecule has 1 aromatic carbocycles. The smallest absolute Gasteiger partial charge is 0.150 e. The Balaban J connectivity index is 1.91. The Morgan fingerprint density at radius 2 is 1.82 bits per heavy atom. The van der Waals surface area contributed by atoms with Crippen LogP contribution in [0.3, 0.4) is 0 Å². The molecule has 1 aliphatic heterocycles. The van der Waals surface area contributed by atoms with Crippen LogP contribution in [0, 0.1) is 0 Å². The van der Waals surface area contributed by atoms with Crippen molar-refractivity contribution in [2.24, 2.45) is 0 Å². The van der Waals surface area contributed by atoms with Crippen molar-refractivity contribution in [1.29, 1.82) is 0 Å². The molecule has 0 saturated heterocycles. The normalized spacial score (nSPS) is 13.5. The minimum absolute atomic E-state index is 0.672. The van der Waals surface area contributed by atoms with Gasteiger partial charge in [0.1, 0.15) is 12.1 Å². The number of benzene rings is 1. The van der Waals surface area contributed by atoms with Crippen LogP contribution >= 0.6 is 0 Å². The minimum atomic E-state index is 0.672. The van der Waals surface area contributed by atoms with E-state index in [-0.39, 0.29) is 0 Å². The molecule has 0 atom stereocenters. The lowest BCUT2D eigenvalue weighted by atomic mass is 10.1. The molecule has 84 valence electrons. The first-order valence-electron chi connectivity index (χ1n) is 5.60. The largest absolute Gasteiger partial charge is 0.348 e. The van der Waals surface area contributed by atoms with Crippen LogP contribution in [0.15, 0.2) is 42.6 Å². The van der Waals surface area contributed by atoms with Gasteiger partial charge in [-0.3, -0.25) is 4.79 Å². The van der Waals surface area contributed by atoms with Gasteiger partial charge in [-0.1, -0.05) is 24.3 Å². The molecule has 0 spiro atoms. The number of aldehydes is 1. The van der Waals surface area contributed by atoms with Crippen molar-refractivity contribution in [1.82, 2.24) is 4.98 Å². The Labute approximate surface area is 99.7 Å². The molecule has 3 rings (SSSR count). The topological polar surface area (TPSA) is 33.2 Å². The van der Waals surface area contributed by atoms with Gasteiger partial charge in [0, 0.05) is 24.8 Å². The van der Waals surface area contributed by atoms with E-state index in [1.807, 2.05) is 6.07 Å². The van der Waals surface area contributed by atoms with Gasteiger partial charge < -0.3 is 4.90 Å². The SMILES string of the molecule is O=Cc1ccnc(N2Cc3ccccc3C2)c1. The molecule has 17 heavy (non-hydrogen) atoms. The fourth-order valence-electron chi connectivity index (χ4n) is 2.18. The molecular weight excluding hydrogens is 212 g/mol. The van der Waals surface area contributed by atoms with E-state index in [1.165, 1.54) is 11.1 Å². The highest BCUT2D eigenvalue weighted by Gasteiger charge is 2.19. The molecule has 3 heteroatoms. The molecule has 3 nitrogen and oxygen atoms in total. The van der Waals surface area contributed by atoms with E-state index in [4.69, 9.17) is 0 Å². The quantitative estimate of drug-likeness (QED) is 0.734. The Bertz CT molecular complexity index is 541. The summed E-state index contributed by atoms with van der Waals surface area (Å²) in [6.07, 6.45) is 2.54. The van der Waals surface area contributed by atoms with Gasteiger partial charge in [0.15, 0.2) is 0 Å².